The third-order valence-electron chi connectivity index (χ3n) is 6.31. The maximum atomic E-state index is 13.3. The van der Waals surface area contributed by atoms with E-state index in [0.717, 1.165) is 53.5 Å². The summed E-state index contributed by atoms with van der Waals surface area (Å²) in [6.45, 7) is 2.98. The molecular formula is C26H27FN4O3. The molecule has 0 saturated carbocycles. The fourth-order valence-corrected chi connectivity index (χ4v) is 4.57. The van der Waals surface area contributed by atoms with E-state index in [9.17, 15) is 9.50 Å². The molecule has 5 rings (SSSR count). The Balaban J connectivity index is 1.42. The molecule has 0 radical (unpaired) electrons. The number of rotatable bonds is 5. The van der Waals surface area contributed by atoms with Crippen LogP contribution in [0, 0.1) is 12.7 Å². The summed E-state index contributed by atoms with van der Waals surface area (Å²) in [7, 11) is 1.66. The molecule has 0 spiro atoms. The topological polar surface area (TPSA) is 72.1 Å². The van der Waals surface area contributed by atoms with E-state index in [2.05, 4.69) is 21.1 Å². The van der Waals surface area contributed by atoms with Crippen molar-refractivity contribution in [2.45, 2.75) is 31.9 Å². The fourth-order valence-electron chi connectivity index (χ4n) is 4.57. The van der Waals surface area contributed by atoms with Gasteiger partial charge in [0.1, 0.15) is 24.3 Å². The van der Waals surface area contributed by atoms with Gasteiger partial charge in [-0.25, -0.2) is 9.37 Å². The Kier molecular flexibility index (Phi) is 6.06. The van der Waals surface area contributed by atoms with Crippen molar-refractivity contribution in [3.63, 3.8) is 0 Å². The molecular weight excluding hydrogens is 435 g/mol. The Hall–Kier alpha value is -3.65. The van der Waals surface area contributed by atoms with Crippen LogP contribution in [0.3, 0.4) is 0 Å². The van der Waals surface area contributed by atoms with Crippen molar-refractivity contribution in [3.05, 3.63) is 83.2 Å². The number of benzene rings is 2. The minimum atomic E-state index is -0.816. The summed E-state index contributed by atoms with van der Waals surface area (Å²) >= 11 is 0. The molecule has 0 bridgehead atoms. The number of aryl methyl sites for hydroxylation is 1. The van der Waals surface area contributed by atoms with E-state index < -0.39 is 6.10 Å². The summed E-state index contributed by atoms with van der Waals surface area (Å²) in [6, 6.07) is 11.7. The Morgan fingerprint density at radius 2 is 2.06 bits per heavy atom. The van der Waals surface area contributed by atoms with Gasteiger partial charge in [-0.05, 0) is 66.8 Å². The highest BCUT2D eigenvalue weighted by atomic mass is 19.1. The number of halogens is 1. The largest absolute Gasteiger partial charge is 0.495 e. The number of methoxy groups -OCH3 is 1. The molecule has 1 unspecified atom stereocenters. The summed E-state index contributed by atoms with van der Waals surface area (Å²) in [5.74, 6) is 1.15. The quantitative estimate of drug-likeness (QED) is 0.614. The van der Waals surface area contributed by atoms with E-state index in [1.807, 2.05) is 35.9 Å². The number of aliphatic hydroxyl groups is 1. The van der Waals surface area contributed by atoms with Gasteiger partial charge in [-0.1, -0.05) is 23.4 Å². The predicted octanol–water partition coefficient (Wildman–Crippen LogP) is 4.25. The molecule has 1 fully saturated rings. The van der Waals surface area contributed by atoms with Gasteiger partial charge in [0.05, 0.1) is 30.9 Å². The van der Waals surface area contributed by atoms with Gasteiger partial charge in [-0.3, -0.25) is 0 Å². The van der Waals surface area contributed by atoms with Crippen molar-refractivity contribution < 1.29 is 19.1 Å². The van der Waals surface area contributed by atoms with Gasteiger partial charge in [0.15, 0.2) is 5.84 Å². The lowest BCUT2D eigenvalue weighted by atomic mass is 9.94. The van der Waals surface area contributed by atoms with Crippen LogP contribution >= 0.6 is 0 Å². The second-order valence-electron chi connectivity index (χ2n) is 8.59. The first-order valence-electron chi connectivity index (χ1n) is 11.3. The number of ether oxygens (including phenoxy) is 1. The molecule has 2 aliphatic rings. The van der Waals surface area contributed by atoms with Crippen LogP contribution in [-0.2, 0) is 4.84 Å². The van der Waals surface area contributed by atoms with Crippen molar-refractivity contribution in [2.24, 2.45) is 5.16 Å². The van der Waals surface area contributed by atoms with Gasteiger partial charge in [0.2, 0.25) is 0 Å². The Morgan fingerprint density at radius 3 is 2.79 bits per heavy atom. The van der Waals surface area contributed by atoms with Gasteiger partial charge < -0.3 is 24.1 Å². The lowest BCUT2D eigenvalue weighted by molar-refractivity contribution is -0.00800. The molecule has 3 aromatic rings. The van der Waals surface area contributed by atoms with Gasteiger partial charge in [0.25, 0.3) is 0 Å². The number of aliphatic hydroxyl groups excluding tert-OH is 1. The van der Waals surface area contributed by atoms with Crippen LogP contribution in [0.4, 0.5) is 4.39 Å². The molecule has 1 saturated heterocycles. The van der Waals surface area contributed by atoms with E-state index in [-0.39, 0.29) is 18.5 Å². The van der Waals surface area contributed by atoms with Crippen molar-refractivity contribution in [1.29, 1.82) is 0 Å². The number of hydrogen-bond donors (Lipinski definition) is 1. The molecule has 3 heterocycles. The first-order valence-corrected chi connectivity index (χ1v) is 11.3. The highest BCUT2D eigenvalue weighted by molar-refractivity contribution is 6.03. The first-order chi connectivity index (χ1) is 16.5. The molecule has 0 aliphatic carbocycles. The number of aromatic nitrogens is 2. The summed E-state index contributed by atoms with van der Waals surface area (Å²) in [4.78, 5) is 11.9. The SMILES string of the molecule is COc1cc(/C=C2\CCCN3C2=NOC[C@@H]3C(O)c2ccc(F)cc2)ccc1-n1cnc(C)c1. The van der Waals surface area contributed by atoms with E-state index in [0.29, 0.717) is 5.56 Å². The van der Waals surface area contributed by atoms with Gasteiger partial charge in [-0.2, -0.15) is 0 Å². The molecule has 34 heavy (non-hydrogen) atoms. The van der Waals surface area contributed by atoms with Crippen LogP contribution < -0.4 is 4.74 Å². The number of imidazole rings is 1. The number of amidine groups is 1. The lowest BCUT2D eigenvalue weighted by Gasteiger charge is -2.42. The average molecular weight is 463 g/mol. The summed E-state index contributed by atoms with van der Waals surface area (Å²) < 4.78 is 20.9. The average Bonchev–Trinajstić information content (AvgIpc) is 3.30. The Morgan fingerprint density at radius 1 is 1.24 bits per heavy atom. The molecule has 2 aromatic carbocycles. The maximum Gasteiger partial charge on any atom is 0.171 e. The molecule has 8 heteroatoms. The van der Waals surface area contributed by atoms with Crippen LogP contribution in [0.2, 0.25) is 0 Å². The smallest absolute Gasteiger partial charge is 0.171 e. The normalized spacial score (nSPS) is 19.9. The number of nitrogens with zero attached hydrogens (tertiary/aromatic N) is 4. The van der Waals surface area contributed by atoms with E-state index >= 15 is 0 Å². The summed E-state index contributed by atoms with van der Waals surface area (Å²) in [5, 5.41) is 15.4. The highest BCUT2D eigenvalue weighted by Gasteiger charge is 2.36. The Bertz CT molecular complexity index is 1240. The monoisotopic (exact) mass is 462 g/mol. The molecule has 176 valence electrons. The third kappa shape index (κ3) is 4.28. The predicted molar refractivity (Wildman–Crippen MR) is 127 cm³/mol. The molecule has 2 atom stereocenters. The van der Waals surface area contributed by atoms with Crippen molar-refractivity contribution >= 4 is 11.9 Å². The minimum Gasteiger partial charge on any atom is -0.495 e. The number of oxime groups is 1. The molecule has 1 aromatic heterocycles. The van der Waals surface area contributed by atoms with Crippen molar-refractivity contribution in [2.75, 3.05) is 20.3 Å². The standard InChI is InChI=1S/C26H27FN4O3/c1-17-14-30(16-28-17)22-10-5-18(13-24(22)33-2)12-20-4-3-11-31-23(15-34-29-26(20)31)25(32)19-6-8-21(27)9-7-19/h5-10,12-14,16,23,25,32H,3-4,11,15H2,1-2H3/b20-12+/t23-,25?/m1/s1. The highest BCUT2D eigenvalue weighted by Crippen LogP contribution is 2.32. The van der Waals surface area contributed by atoms with Crippen LogP contribution in [0.25, 0.3) is 11.8 Å². The van der Waals surface area contributed by atoms with Gasteiger partial charge >= 0.3 is 0 Å². The summed E-state index contributed by atoms with van der Waals surface area (Å²) in [6.07, 6.45) is 6.78. The molecule has 2 aliphatic heterocycles. The zero-order chi connectivity index (χ0) is 23.7. The minimum absolute atomic E-state index is 0.266. The van der Waals surface area contributed by atoms with Gasteiger partial charge in [0, 0.05) is 12.7 Å². The molecule has 1 N–H and O–H groups in total. The number of piperidine rings is 1. The molecule has 7 nitrogen and oxygen atoms in total. The first kappa shape index (κ1) is 22.2. The van der Waals surface area contributed by atoms with Crippen LogP contribution in [0.5, 0.6) is 5.75 Å². The maximum absolute atomic E-state index is 13.3. The van der Waals surface area contributed by atoms with Crippen LogP contribution in [0.15, 0.2) is 65.7 Å². The second-order valence-corrected chi connectivity index (χ2v) is 8.59. The number of fused-ring (bicyclic) bond motifs is 1. The van der Waals surface area contributed by atoms with Crippen LogP contribution in [-0.4, -0.2) is 51.7 Å². The van der Waals surface area contributed by atoms with Crippen molar-refractivity contribution in [3.8, 4) is 11.4 Å². The van der Waals surface area contributed by atoms with E-state index in [4.69, 9.17) is 9.57 Å². The lowest BCUT2D eigenvalue weighted by Crippen LogP contribution is -2.51. The number of hydrogen-bond acceptors (Lipinski definition) is 6. The Labute approximate surface area is 197 Å². The van der Waals surface area contributed by atoms with E-state index in [1.54, 1.807) is 25.6 Å². The zero-order valence-corrected chi connectivity index (χ0v) is 19.2. The third-order valence-corrected chi connectivity index (χ3v) is 6.31. The zero-order valence-electron chi connectivity index (χ0n) is 19.2. The van der Waals surface area contributed by atoms with Crippen LogP contribution in [0.1, 0.15) is 35.8 Å². The summed E-state index contributed by atoms with van der Waals surface area (Å²) in [5.41, 5.74) is 4.52. The second kappa shape index (κ2) is 9.30. The van der Waals surface area contributed by atoms with Crippen molar-refractivity contribution in [1.82, 2.24) is 14.5 Å². The van der Waals surface area contributed by atoms with E-state index in [1.165, 1.54) is 12.1 Å². The van der Waals surface area contributed by atoms with Gasteiger partial charge in [-0.15, -0.1) is 0 Å². The fraction of sp³-hybridized carbons (Fsp3) is 0.308. The molecule has 0 amide bonds.